The number of fused-ring (bicyclic) bond motifs is 3. The van der Waals surface area contributed by atoms with Gasteiger partial charge in [-0.15, -0.1) is 0 Å². The molecule has 0 spiro atoms. The summed E-state index contributed by atoms with van der Waals surface area (Å²) in [5.74, 6) is 0.852. The van der Waals surface area contributed by atoms with Crippen LogP contribution in [-0.2, 0) is 0 Å². The number of amides is 1. The lowest BCUT2D eigenvalue weighted by Crippen LogP contribution is -2.34. The summed E-state index contributed by atoms with van der Waals surface area (Å²) in [5, 5.41) is 1.84. The Labute approximate surface area is 85.7 Å². The van der Waals surface area contributed by atoms with E-state index < -0.39 is 6.03 Å². The second-order valence-corrected chi connectivity index (χ2v) is 3.31. The number of hydrogen-bond donors (Lipinski definition) is 2. The molecule has 2 aliphatic heterocycles. The maximum absolute atomic E-state index is 11.1. The highest BCUT2D eigenvalue weighted by Crippen LogP contribution is 2.28. The Hall–Kier alpha value is -2.08. The van der Waals surface area contributed by atoms with E-state index in [-0.39, 0.29) is 0 Å². The summed E-state index contributed by atoms with van der Waals surface area (Å²) in [6.45, 7) is 0.744. The molecule has 2 aliphatic rings. The molecule has 1 amide bonds. The van der Waals surface area contributed by atoms with E-state index in [2.05, 4.69) is 10.4 Å². The van der Waals surface area contributed by atoms with E-state index in [1.807, 2.05) is 17.2 Å². The molecule has 1 aromatic rings. The number of carbonyl (C=O) groups excluding carboxylic acids is 1. The molecule has 0 fully saturated rings. The average molecular weight is 203 g/mol. The molecule has 1 aromatic heterocycles. The Balaban J connectivity index is 2.16. The van der Waals surface area contributed by atoms with Crippen molar-refractivity contribution in [1.82, 2.24) is 9.99 Å². The third-order valence-corrected chi connectivity index (χ3v) is 2.46. The summed E-state index contributed by atoms with van der Waals surface area (Å²) in [6.07, 6.45) is 5.26. The van der Waals surface area contributed by atoms with Crippen LogP contribution < -0.4 is 16.2 Å². The van der Waals surface area contributed by atoms with Crippen molar-refractivity contribution >= 4 is 17.9 Å². The van der Waals surface area contributed by atoms with Crippen LogP contribution in [0.1, 0.15) is 5.69 Å². The monoisotopic (exact) mass is 203 g/mol. The molecule has 6 nitrogen and oxygen atoms in total. The first kappa shape index (κ1) is 8.25. The van der Waals surface area contributed by atoms with Gasteiger partial charge in [0.1, 0.15) is 5.82 Å². The number of aromatic nitrogens is 1. The molecule has 76 valence electrons. The van der Waals surface area contributed by atoms with Gasteiger partial charge in [-0.05, 0) is 12.1 Å². The normalized spacial score (nSPS) is 17.3. The van der Waals surface area contributed by atoms with Crippen molar-refractivity contribution in [1.29, 1.82) is 0 Å². The van der Waals surface area contributed by atoms with E-state index in [0.717, 1.165) is 18.1 Å². The van der Waals surface area contributed by atoms with Gasteiger partial charge in [-0.3, -0.25) is 9.58 Å². The van der Waals surface area contributed by atoms with Crippen molar-refractivity contribution < 1.29 is 4.79 Å². The zero-order valence-corrected chi connectivity index (χ0v) is 7.84. The molecular weight excluding hydrogens is 194 g/mol. The SMILES string of the molecule is NC(=O)n1ccc2c1C=NC1=CCNN12. The van der Waals surface area contributed by atoms with E-state index in [1.165, 1.54) is 4.57 Å². The van der Waals surface area contributed by atoms with Gasteiger partial charge >= 0.3 is 6.03 Å². The highest BCUT2D eigenvalue weighted by molar-refractivity contribution is 5.95. The second kappa shape index (κ2) is 2.71. The van der Waals surface area contributed by atoms with E-state index in [4.69, 9.17) is 5.73 Å². The summed E-state index contributed by atoms with van der Waals surface area (Å²) in [6, 6.07) is 1.33. The molecule has 0 aromatic carbocycles. The summed E-state index contributed by atoms with van der Waals surface area (Å²) in [5.41, 5.74) is 9.96. The van der Waals surface area contributed by atoms with Crippen LogP contribution >= 0.6 is 0 Å². The number of nitrogens with one attached hydrogen (secondary N) is 1. The second-order valence-electron chi connectivity index (χ2n) is 3.31. The van der Waals surface area contributed by atoms with Crippen LogP contribution in [0.2, 0.25) is 0 Å². The van der Waals surface area contributed by atoms with Crippen molar-refractivity contribution in [2.45, 2.75) is 0 Å². The molecule has 15 heavy (non-hydrogen) atoms. The predicted molar refractivity (Wildman–Crippen MR) is 55.6 cm³/mol. The van der Waals surface area contributed by atoms with Crippen LogP contribution in [0.4, 0.5) is 10.5 Å². The van der Waals surface area contributed by atoms with Gasteiger partial charge < -0.3 is 5.73 Å². The lowest BCUT2D eigenvalue weighted by molar-refractivity contribution is 0.250. The molecule has 3 N–H and O–H groups in total. The van der Waals surface area contributed by atoms with Gasteiger partial charge in [0.15, 0.2) is 0 Å². The average Bonchev–Trinajstić information content (AvgIpc) is 2.82. The zero-order chi connectivity index (χ0) is 10.4. The van der Waals surface area contributed by atoms with Crippen molar-refractivity contribution in [2.24, 2.45) is 10.7 Å². The fraction of sp³-hybridized carbons (Fsp3) is 0.111. The van der Waals surface area contributed by atoms with E-state index in [9.17, 15) is 4.79 Å². The molecule has 0 saturated carbocycles. The first-order valence-electron chi connectivity index (χ1n) is 4.56. The lowest BCUT2D eigenvalue weighted by atomic mass is 10.3. The van der Waals surface area contributed by atoms with Gasteiger partial charge in [-0.1, -0.05) is 0 Å². The quantitative estimate of drug-likeness (QED) is 0.623. The predicted octanol–water partition coefficient (Wildman–Crippen LogP) is 0.0134. The van der Waals surface area contributed by atoms with Gasteiger partial charge in [-0.25, -0.2) is 15.2 Å². The smallest absolute Gasteiger partial charge is 0.323 e. The molecule has 0 saturated heterocycles. The third-order valence-electron chi connectivity index (χ3n) is 2.46. The van der Waals surface area contributed by atoms with Crippen LogP contribution in [-0.4, -0.2) is 23.4 Å². The molecule has 0 unspecified atom stereocenters. The summed E-state index contributed by atoms with van der Waals surface area (Å²) in [7, 11) is 0. The number of anilines is 1. The Morgan fingerprint density at radius 1 is 1.60 bits per heavy atom. The van der Waals surface area contributed by atoms with Crippen molar-refractivity contribution in [3.8, 4) is 0 Å². The number of nitrogens with zero attached hydrogens (tertiary/aromatic N) is 3. The first-order chi connectivity index (χ1) is 7.27. The van der Waals surface area contributed by atoms with Crippen molar-refractivity contribution in [3.05, 3.63) is 29.9 Å². The van der Waals surface area contributed by atoms with E-state index in [0.29, 0.717) is 5.69 Å². The number of hydrogen-bond acceptors (Lipinski definition) is 4. The molecule has 0 atom stereocenters. The van der Waals surface area contributed by atoms with Crippen LogP contribution in [0.25, 0.3) is 0 Å². The molecule has 3 rings (SSSR count). The summed E-state index contributed by atoms with van der Waals surface area (Å²) >= 11 is 0. The van der Waals surface area contributed by atoms with E-state index >= 15 is 0 Å². The van der Waals surface area contributed by atoms with Crippen molar-refractivity contribution in [3.63, 3.8) is 0 Å². The Morgan fingerprint density at radius 2 is 2.47 bits per heavy atom. The Kier molecular flexibility index (Phi) is 1.49. The van der Waals surface area contributed by atoms with E-state index in [1.54, 1.807) is 12.4 Å². The minimum atomic E-state index is -0.505. The molecule has 3 heterocycles. The van der Waals surface area contributed by atoms with Gasteiger partial charge in [0.2, 0.25) is 0 Å². The van der Waals surface area contributed by atoms with Crippen LogP contribution in [0.5, 0.6) is 0 Å². The minimum Gasteiger partial charge on any atom is -0.351 e. The fourth-order valence-electron chi connectivity index (χ4n) is 1.79. The molecular formula is C9H9N5O. The number of rotatable bonds is 0. The number of primary amides is 1. The number of aliphatic imine (C=N–C) groups is 1. The number of nitrogens with two attached hydrogens (primary N) is 1. The summed E-state index contributed by atoms with van der Waals surface area (Å²) < 4.78 is 1.37. The van der Waals surface area contributed by atoms with Crippen LogP contribution in [0, 0.1) is 0 Å². The fourth-order valence-corrected chi connectivity index (χ4v) is 1.79. The summed E-state index contributed by atoms with van der Waals surface area (Å²) in [4.78, 5) is 15.3. The molecule has 0 aliphatic carbocycles. The third kappa shape index (κ3) is 1.02. The Bertz CT molecular complexity index is 499. The van der Waals surface area contributed by atoms with Crippen LogP contribution in [0.15, 0.2) is 29.2 Å². The minimum absolute atomic E-state index is 0.505. The van der Waals surface area contributed by atoms with Gasteiger partial charge in [-0.2, -0.15) is 0 Å². The molecule has 0 bridgehead atoms. The standard InChI is InChI=1S/C9H9N5O/c10-9(15)13-4-2-6-7(13)5-11-8-1-3-12-14(6)8/h1-2,4-5,12H,3H2,(H2,10,15). The van der Waals surface area contributed by atoms with Gasteiger partial charge in [0, 0.05) is 12.7 Å². The maximum atomic E-state index is 11.1. The number of carbonyl (C=O) groups is 1. The molecule has 0 radical (unpaired) electrons. The Morgan fingerprint density at radius 3 is 3.27 bits per heavy atom. The lowest BCUT2D eigenvalue weighted by Gasteiger charge is -2.22. The largest absolute Gasteiger partial charge is 0.351 e. The van der Waals surface area contributed by atoms with Crippen LogP contribution in [0.3, 0.4) is 0 Å². The highest BCUT2D eigenvalue weighted by Gasteiger charge is 2.25. The van der Waals surface area contributed by atoms with Gasteiger partial charge in [0.25, 0.3) is 0 Å². The zero-order valence-electron chi connectivity index (χ0n) is 7.84. The van der Waals surface area contributed by atoms with Crippen molar-refractivity contribution in [2.75, 3.05) is 11.6 Å². The maximum Gasteiger partial charge on any atom is 0.323 e. The topological polar surface area (TPSA) is 75.6 Å². The molecule has 6 heteroatoms. The first-order valence-corrected chi connectivity index (χ1v) is 4.56. The highest BCUT2D eigenvalue weighted by atomic mass is 16.2. The van der Waals surface area contributed by atoms with Gasteiger partial charge in [0.05, 0.1) is 17.6 Å². The number of hydrazine groups is 1.